The second kappa shape index (κ2) is 11.7. The first-order valence-electron chi connectivity index (χ1n) is 12.7. The zero-order valence-corrected chi connectivity index (χ0v) is 24.5. The van der Waals surface area contributed by atoms with Gasteiger partial charge in [-0.15, -0.1) is 0 Å². The molecule has 6 nitrogen and oxygen atoms in total. The van der Waals surface area contributed by atoms with Gasteiger partial charge < -0.3 is 9.47 Å². The number of aromatic nitrogens is 1. The van der Waals surface area contributed by atoms with E-state index in [0.717, 1.165) is 21.2 Å². The second-order valence-corrected chi connectivity index (χ2v) is 11.2. The fraction of sp³-hybridized carbons (Fsp3) is 0.194. The van der Waals surface area contributed by atoms with Crippen LogP contribution in [0.5, 0.6) is 5.75 Å². The maximum absolute atomic E-state index is 13.9. The van der Waals surface area contributed by atoms with Crippen LogP contribution in [0, 0.1) is 12.7 Å². The van der Waals surface area contributed by atoms with Gasteiger partial charge in [0.25, 0.3) is 5.56 Å². The molecule has 9 heteroatoms. The van der Waals surface area contributed by atoms with Crippen molar-refractivity contribution in [2.24, 2.45) is 4.99 Å². The summed E-state index contributed by atoms with van der Waals surface area (Å²) < 4.78 is 27.6. The standard InChI is InChI=1S/C31H26BrFN2O4S/c1-4-38-30(37)27-19(3)34-31-35(28(27)21-9-5-18(2)6-10-21)29(36)26(40-31)16-22-15-23(32)11-14-25(22)39-17-20-7-12-24(33)13-8-20/h5-16,28H,4,17H2,1-3H3/b26-16+/t28-/m1/s1. The Morgan fingerprint density at radius 3 is 2.52 bits per heavy atom. The fourth-order valence-corrected chi connectivity index (χ4v) is 5.92. The number of rotatable bonds is 7. The average molecular weight is 622 g/mol. The van der Waals surface area contributed by atoms with E-state index in [1.165, 1.54) is 23.5 Å². The molecular formula is C31H26BrFN2O4S. The van der Waals surface area contributed by atoms with E-state index in [4.69, 9.17) is 9.47 Å². The Bertz CT molecular complexity index is 1790. The van der Waals surface area contributed by atoms with Crippen LogP contribution in [0.15, 0.2) is 92.3 Å². The molecule has 204 valence electrons. The minimum Gasteiger partial charge on any atom is -0.488 e. The first-order chi connectivity index (χ1) is 19.2. The monoisotopic (exact) mass is 620 g/mol. The van der Waals surface area contributed by atoms with Crippen LogP contribution in [-0.4, -0.2) is 17.1 Å². The van der Waals surface area contributed by atoms with Crippen LogP contribution in [-0.2, 0) is 16.1 Å². The van der Waals surface area contributed by atoms with Crippen molar-refractivity contribution in [3.8, 4) is 5.75 Å². The van der Waals surface area contributed by atoms with Gasteiger partial charge >= 0.3 is 5.97 Å². The minimum atomic E-state index is -0.672. The molecule has 5 rings (SSSR count). The largest absolute Gasteiger partial charge is 0.488 e. The number of halogens is 2. The van der Waals surface area contributed by atoms with Gasteiger partial charge in [-0.25, -0.2) is 14.2 Å². The molecule has 4 aromatic rings. The van der Waals surface area contributed by atoms with Crippen molar-refractivity contribution < 1.29 is 18.7 Å². The summed E-state index contributed by atoms with van der Waals surface area (Å²) in [6.07, 6.45) is 1.77. The quantitative estimate of drug-likeness (QED) is 0.253. The molecule has 0 aliphatic carbocycles. The number of hydrogen-bond acceptors (Lipinski definition) is 6. The van der Waals surface area contributed by atoms with E-state index < -0.39 is 12.0 Å². The third kappa shape index (κ3) is 5.71. The number of fused-ring (bicyclic) bond motifs is 1. The SMILES string of the molecule is CCOC(=O)C1=C(C)N=c2s/c(=C/c3cc(Br)ccc3OCc3ccc(F)cc3)c(=O)n2[C@@H]1c1ccc(C)cc1. The summed E-state index contributed by atoms with van der Waals surface area (Å²) in [4.78, 5) is 32.1. The molecule has 0 amide bonds. The smallest absolute Gasteiger partial charge is 0.338 e. The summed E-state index contributed by atoms with van der Waals surface area (Å²) in [6.45, 7) is 5.94. The lowest BCUT2D eigenvalue weighted by Gasteiger charge is -2.24. The third-order valence-electron chi connectivity index (χ3n) is 6.48. The van der Waals surface area contributed by atoms with Crippen LogP contribution in [0.1, 0.15) is 42.1 Å². The predicted molar refractivity (Wildman–Crippen MR) is 156 cm³/mol. The van der Waals surface area contributed by atoms with E-state index in [0.29, 0.717) is 31.9 Å². The number of esters is 1. The topological polar surface area (TPSA) is 69.9 Å². The minimum absolute atomic E-state index is 0.213. The van der Waals surface area contributed by atoms with E-state index in [1.54, 1.807) is 36.6 Å². The predicted octanol–water partition coefficient (Wildman–Crippen LogP) is 5.59. The van der Waals surface area contributed by atoms with Crippen molar-refractivity contribution in [3.05, 3.63) is 130 Å². The first kappa shape index (κ1) is 27.7. The maximum atomic E-state index is 13.9. The van der Waals surface area contributed by atoms with Crippen molar-refractivity contribution >= 4 is 39.3 Å². The maximum Gasteiger partial charge on any atom is 0.338 e. The molecular weight excluding hydrogens is 595 g/mol. The summed E-state index contributed by atoms with van der Waals surface area (Å²) in [5.41, 5.74) is 3.95. The van der Waals surface area contributed by atoms with E-state index in [9.17, 15) is 14.0 Å². The zero-order chi connectivity index (χ0) is 28.4. The highest BCUT2D eigenvalue weighted by Gasteiger charge is 2.33. The second-order valence-electron chi connectivity index (χ2n) is 9.31. The summed E-state index contributed by atoms with van der Waals surface area (Å²) in [6, 6.07) is 18.7. The molecule has 0 spiro atoms. The van der Waals surface area contributed by atoms with Crippen molar-refractivity contribution in [1.29, 1.82) is 0 Å². The third-order valence-corrected chi connectivity index (χ3v) is 7.95. The van der Waals surface area contributed by atoms with Crippen LogP contribution < -0.4 is 19.6 Å². The number of carbonyl (C=O) groups excluding carboxylic acids is 1. The van der Waals surface area contributed by atoms with Gasteiger partial charge in [0, 0.05) is 10.0 Å². The zero-order valence-electron chi connectivity index (χ0n) is 22.1. The van der Waals surface area contributed by atoms with Gasteiger partial charge in [0.2, 0.25) is 0 Å². The van der Waals surface area contributed by atoms with Gasteiger partial charge in [-0.1, -0.05) is 69.2 Å². The molecule has 1 aliphatic rings. The fourth-order valence-electron chi connectivity index (χ4n) is 4.50. The number of hydrogen-bond donors (Lipinski definition) is 0. The van der Waals surface area contributed by atoms with Gasteiger partial charge in [-0.3, -0.25) is 9.36 Å². The van der Waals surface area contributed by atoms with Gasteiger partial charge in [0.05, 0.1) is 28.5 Å². The van der Waals surface area contributed by atoms with Crippen molar-refractivity contribution in [2.75, 3.05) is 6.61 Å². The van der Waals surface area contributed by atoms with Crippen molar-refractivity contribution in [2.45, 2.75) is 33.4 Å². The molecule has 0 fully saturated rings. The van der Waals surface area contributed by atoms with Gasteiger partial charge in [0.15, 0.2) is 4.80 Å². The Kier molecular flexibility index (Phi) is 8.14. The Balaban J connectivity index is 1.61. The lowest BCUT2D eigenvalue weighted by molar-refractivity contribution is -0.139. The van der Waals surface area contributed by atoms with Gasteiger partial charge in [-0.05, 0) is 68.3 Å². The highest BCUT2D eigenvalue weighted by molar-refractivity contribution is 9.10. The van der Waals surface area contributed by atoms with Crippen LogP contribution in [0.25, 0.3) is 6.08 Å². The molecule has 40 heavy (non-hydrogen) atoms. The van der Waals surface area contributed by atoms with Crippen molar-refractivity contribution in [1.82, 2.24) is 4.57 Å². The molecule has 3 aromatic carbocycles. The van der Waals surface area contributed by atoms with Crippen LogP contribution >= 0.6 is 27.3 Å². The number of benzene rings is 3. The lowest BCUT2D eigenvalue weighted by Crippen LogP contribution is -2.39. The first-order valence-corrected chi connectivity index (χ1v) is 14.3. The number of aryl methyl sites for hydroxylation is 1. The lowest BCUT2D eigenvalue weighted by atomic mass is 9.95. The molecule has 2 heterocycles. The van der Waals surface area contributed by atoms with Gasteiger partial charge in [0.1, 0.15) is 18.2 Å². The molecule has 1 aromatic heterocycles. The van der Waals surface area contributed by atoms with Gasteiger partial charge in [-0.2, -0.15) is 0 Å². The molecule has 0 N–H and O–H groups in total. The molecule has 0 unspecified atom stereocenters. The number of ether oxygens (including phenoxy) is 2. The molecule has 0 radical (unpaired) electrons. The van der Waals surface area contributed by atoms with Crippen LogP contribution in [0.4, 0.5) is 4.39 Å². The molecule has 0 saturated heterocycles. The van der Waals surface area contributed by atoms with Crippen LogP contribution in [0.3, 0.4) is 0 Å². The average Bonchev–Trinajstić information content (AvgIpc) is 3.23. The summed E-state index contributed by atoms with van der Waals surface area (Å²) in [7, 11) is 0. The summed E-state index contributed by atoms with van der Waals surface area (Å²) >= 11 is 4.76. The Morgan fingerprint density at radius 1 is 1.10 bits per heavy atom. The normalized spacial score (nSPS) is 15.0. The highest BCUT2D eigenvalue weighted by Crippen LogP contribution is 2.31. The summed E-state index contributed by atoms with van der Waals surface area (Å²) in [5, 5.41) is 0. The number of allylic oxidation sites excluding steroid dienone is 1. The van der Waals surface area contributed by atoms with E-state index in [2.05, 4.69) is 20.9 Å². The molecule has 1 aliphatic heterocycles. The Labute approximate surface area is 242 Å². The van der Waals surface area contributed by atoms with Crippen molar-refractivity contribution in [3.63, 3.8) is 0 Å². The molecule has 0 bridgehead atoms. The number of carbonyl (C=O) groups is 1. The molecule has 0 saturated carbocycles. The van der Waals surface area contributed by atoms with E-state index in [-0.39, 0.29) is 24.6 Å². The number of thiazole rings is 1. The van der Waals surface area contributed by atoms with E-state index in [1.807, 2.05) is 49.4 Å². The molecule has 1 atom stereocenters. The Morgan fingerprint density at radius 2 is 1.82 bits per heavy atom. The van der Waals surface area contributed by atoms with E-state index >= 15 is 0 Å². The summed E-state index contributed by atoms with van der Waals surface area (Å²) in [5.74, 6) is -0.238. The highest BCUT2D eigenvalue weighted by atomic mass is 79.9. The number of nitrogens with zero attached hydrogens (tertiary/aromatic N) is 2. The van der Waals surface area contributed by atoms with Crippen LogP contribution in [0.2, 0.25) is 0 Å². The Hall–Kier alpha value is -3.82.